The van der Waals surface area contributed by atoms with Gasteiger partial charge in [0.1, 0.15) is 12.4 Å². The maximum atomic E-state index is 12.0. The number of hydrogen-bond donors (Lipinski definition) is 1. The fraction of sp³-hybridized carbons (Fsp3) is 0.143. The summed E-state index contributed by atoms with van der Waals surface area (Å²) in [6.45, 7) is 0.426. The Morgan fingerprint density at radius 3 is 2.29 bits per heavy atom. The van der Waals surface area contributed by atoms with Crippen molar-refractivity contribution in [3.8, 4) is 5.75 Å². The molecule has 21 heavy (non-hydrogen) atoms. The number of halogens is 2. The Bertz CT molecular complexity index is 687. The molecular formula is C14H13BrClNO3S. The highest BCUT2D eigenvalue weighted by molar-refractivity contribution is 9.10. The van der Waals surface area contributed by atoms with Gasteiger partial charge in [0, 0.05) is 16.0 Å². The molecule has 0 fully saturated rings. The molecule has 0 heterocycles. The van der Waals surface area contributed by atoms with Gasteiger partial charge in [-0.3, -0.25) is 0 Å². The van der Waals surface area contributed by atoms with Gasteiger partial charge in [0.15, 0.2) is 0 Å². The van der Waals surface area contributed by atoms with E-state index >= 15 is 0 Å². The smallest absolute Gasteiger partial charge is 0.240 e. The second-order valence-electron chi connectivity index (χ2n) is 4.15. The lowest BCUT2D eigenvalue weighted by molar-refractivity contribution is 0.323. The average molecular weight is 391 g/mol. The molecule has 0 atom stereocenters. The summed E-state index contributed by atoms with van der Waals surface area (Å²) in [5, 5.41) is 0.493. The first-order chi connectivity index (χ1) is 9.97. The molecular weight excluding hydrogens is 378 g/mol. The minimum atomic E-state index is -3.53. The standard InChI is InChI=1S/C14H13BrClNO3S/c15-11-1-5-13(6-2-11)20-10-9-17-21(18,19)14-7-3-12(16)4-8-14/h1-8,17H,9-10H2. The number of sulfonamides is 1. The normalized spacial score (nSPS) is 11.3. The maximum Gasteiger partial charge on any atom is 0.240 e. The Kier molecular flexibility index (Phi) is 5.64. The van der Waals surface area contributed by atoms with Gasteiger partial charge in [0.2, 0.25) is 10.0 Å². The number of hydrogen-bond acceptors (Lipinski definition) is 3. The lowest BCUT2D eigenvalue weighted by Crippen LogP contribution is -2.28. The van der Waals surface area contributed by atoms with Crippen LogP contribution in [0.25, 0.3) is 0 Å². The van der Waals surface area contributed by atoms with Crippen molar-refractivity contribution in [1.82, 2.24) is 4.72 Å². The van der Waals surface area contributed by atoms with Crippen molar-refractivity contribution < 1.29 is 13.2 Å². The van der Waals surface area contributed by atoms with E-state index in [-0.39, 0.29) is 18.0 Å². The molecule has 112 valence electrons. The highest BCUT2D eigenvalue weighted by atomic mass is 79.9. The van der Waals surface area contributed by atoms with Crippen molar-refractivity contribution >= 4 is 37.6 Å². The highest BCUT2D eigenvalue weighted by Gasteiger charge is 2.12. The SMILES string of the molecule is O=S(=O)(NCCOc1ccc(Br)cc1)c1ccc(Cl)cc1. The summed E-state index contributed by atoms with van der Waals surface area (Å²) in [7, 11) is -3.53. The Balaban J connectivity index is 1.85. The van der Waals surface area contributed by atoms with E-state index < -0.39 is 10.0 Å². The molecule has 4 nitrogen and oxygen atoms in total. The summed E-state index contributed by atoms with van der Waals surface area (Å²) in [5.74, 6) is 0.684. The third-order valence-electron chi connectivity index (χ3n) is 2.60. The monoisotopic (exact) mass is 389 g/mol. The minimum Gasteiger partial charge on any atom is -0.492 e. The zero-order valence-corrected chi connectivity index (χ0v) is 14.1. The first-order valence-corrected chi connectivity index (χ1v) is 8.76. The molecule has 0 aliphatic rings. The zero-order chi connectivity index (χ0) is 15.3. The summed E-state index contributed by atoms with van der Waals surface area (Å²) in [4.78, 5) is 0.176. The summed E-state index contributed by atoms with van der Waals surface area (Å²) in [6.07, 6.45) is 0. The fourth-order valence-corrected chi connectivity index (χ4v) is 2.98. The zero-order valence-electron chi connectivity index (χ0n) is 10.9. The Morgan fingerprint density at radius 1 is 1.05 bits per heavy atom. The fourth-order valence-electron chi connectivity index (χ4n) is 1.57. The molecule has 0 unspecified atom stereocenters. The van der Waals surface area contributed by atoms with Crippen LogP contribution >= 0.6 is 27.5 Å². The van der Waals surface area contributed by atoms with E-state index in [9.17, 15) is 8.42 Å². The molecule has 2 rings (SSSR count). The van der Waals surface area contributed by atoms with Crippen molar-refractivity contribution in [3.05, 3.63) is 58.0 Å². The van der Waals surface area contributed by atoms with Gasteiger partial charge in [-0.25, -0.2) is 13.1 Å². The highest BCUT2D eigenvalue weighted by Crippen LogP contribution is 2.16. The Hall–Kier alpha value is -1.08. The van der Waals surface area contributed by atoms with E-state index in [0.717, 1.165) is 4.47 Å². The van der Waals surface area contributed by atoms with Gasteiger partial charge in [0.25, 0.3) is 0 Å². The van der Waals surface area contributed by atoms with Crippen LogP contribution in [-0.2, 0) is 10.0 Å². The molecule has 2 aromatic carbocycles. The van der Waals surface area contributed by atoms with Crippen LogP contribution in [0.2, 0.25) is 5.02 Å². The Labute approximate surface area is 137 Å². The quantitative estimate of drug-likeness (QED) is 0.769. The molecule has 7 heteroatoms. The topological polar surface area (TPSA) is 55.4 Å². The van der Waals surface area contributed by atoms with Gasteiger partial charge >= 0.3 is 0 Å². The van der Waals surface area contributed by atoms with Crippen LogP contribution in [0.15, 0.2) is 57.9 Å². The van der Waals surface area contributed by atoms with Gasteiger partial charge in [0.05, 0.1) is 4.90 Å². The largest absolute Gasteiger partial charge is 0.492 e. The summed E-state index contributed by atoms with van der Waals surface area (Å²) in [6, 6.07) is 13.3. The van der Waals surface area contributed by atoms with E-state index in [1.165, 1.54) is 24.3 Å². The average Bonchev–Trinajstić information content (AvgIpc) is 2.46. The first-order valence-electron chi connectivity index (χ1n) is 6.11. The van der Waals surface area contributed by atoms with Crippen LogP contribution in [0.1, 0.15) is 0 Å². The van der Waals surface area contributed by atoms with Crippen molar-refractivity contribution in [1.29, 1.82) is 0 Å². The molecule has 0 saturated carbocycles. The van der Waals surface area contributed by atoms with Gasteiger partial charge < -0.3 is 4.74 Å². The van der Waals surface area contributed by atoms with Crippen LogP contribution in [0, 0.1) is 0 Å². The number of benzene rings is 2. The second kappa shape index (κ2) is 7.26. The second-order valence-corrected chi connectivity index (χ2v) is 7.27. The van der Waals surface area contributed by atoms with Crippen LogP contribution in [-0.4, -0.2) is 21.6 Å². The molecule has 2 aromatic rings. The molecule has 0 aromatic heterocycles. The summed E-state index contributed by atoms with van der Waals surface area (Å²) < 4.78 is 32.8. The van der Waals surface area contributed by atoms with Crippen LogP contribution in [0.5, 0.6) is 5.75 Å². The van der Waals surface area contributed by atoms with Crippen molar-refractivity contribution in [2.45, 2.75) is 4.90 Å². The van der Waals surface area contributed by atoms with E-state index in [0.29, 0.717) is 10.8 Å². The first kappa shape index (κ1) is 16.3. The van der Waals surface area contributed by atoms with Crippen molar-refractivity contribution in [2.24, 2.45) is 0 Å². The number of ether oxygens (including phenoxy) is 1. The lowest BCUT2D eigenvalue weighted by atomic mass is 10.3. The van der Waals surface area contributed by atoms with Gasteiger partial charge in [-0.05, 0) is 48.5 Å². The third-order valence-corrected chi connectivity index (χ3v) is 4.86. The summed E-state index contributed by atoms with van der Waals surface area (Å²) in [5.41, 5.74) is 0. The third kappa shape index (κ3) is 5.00. The molecule has 0 aliphatic heterocycles. The maximum absolute atomic E-state index is 12.0. The predicted molar refractivity (Wildman–Crippen MR) is 86.3 cm³/mol. The molecule has 1 N–H and O–H groups in total. The van der Waals surface area contributed by atoms with E-state index in [2.05, 4.69) is 20.7 Å². The predicted octanol–water partition coefficient (Wildman–Crippen LogP) is 3.46. The van der Waals surface area contributed by atoms with Crippen LogP contribution < -0.4 is 9.46 Å². The van der Waals surface area contributed by atoms with Gasteiger partial charge in [-0.2, -0.15) is 0 Å². The number of nitrogens with one attached hydrogen (secondary N) is 1. The molecule has 0 aliphatic carbocycles. The summed E-state index contributed by atoms with van der Waals surface area (Å²) >= 11 is 9.06. The van der Waals surface area contributed by atoms with E-state index in [1.54, 1.807) is 12.1 Å². The van der Waals surface area contributed by atoms with E-state index in [4.69, 9.17) is 16.3 Å². The molecule has 0 amide bonds. The lowest BCUT2D eigenvalue weighted by Gasteiger charge is -2.08. The molecule has 0 spiro atoms. The minimum absolute atomic E-state index is 0.176. The molecule has 0 radical (unpaired) electrons. The van der Waals surface area contributed by atoms with E-state index in [1.807, 2.05) is 12.1 Å². The van der Waals surface area contributed by atoms with Gasteiger partial charge in [-0.1, -0.05) is 27.5 Å². The Morgan fingerprint density at radius 2 is 1.67 bits per heavy atom. The van der Waals surface area contributed by atoms with Gasteiger partial charge in [-0.15, -0.1) is 0 Å². The molecule has 0 saturated heterocycles. The molecule has 0 bridgehead atoms. The van der Waals surface area contributed by atoms with Crippen LogP contribution in [0.4, 0.5) is 0 Å². The number of rotatable bonds is 6. The van der Waals surface area contributed by atoms with Crippen molar-refractivity contribution in [2.75, 3.05) is 13.2 Å². The van der Waals surface area contributed by atoms with Crippen LogP contribution in [0.3, 0.4) is 0 Å². The van der Waals surface area contributed by atoms with Crippen molar-refractivity contribution in [3.63, 3.8) is 0 Å².